The first kappa shape index (κ1) is 18.7. The molecule has 142 valence electrons. The van der Waals surface area contributed by atoms with Crippen LogP contribution in [0.25, 0.3) is 0 Å². The van der Waals surface area contributed by atoms with Crippen molar-refractivity contribution in [2.45, 2.75) is 24.7 Å². The Morgan fingerprint density at radius 2 is 1.96 bits per heavy atom. The van der Waals surface area contributed by atoms with E-state index in [0.29, 0.717) is 42.6 Å². The van der Waals surface area contributed by atoms with Gasteiger partial charge in [0, 0.05) is 36.2 Å². The van der Waals surface area contributed by atoms with Gasteiger partial charge in [-0.05, 0) is 24.5 Å². The molecule has 0 spiro atoms. The zero-order valence-corrected chi connectivity index (χ0v) is 15.5. The van der Waals surface area contributed by atoms with E-state index in [-0.39, 0.29) is 30.5 Å². The average Bonchev–Trinajstić information content (AvgIpc) is 2.64. The first-order chi connectivity index (χ1) is 12.4. The molecule has 2 aliphatic rings. The van der Waals surface area contributed by atoms with Gasteiger partial charge in [-0.1, -0.05) is 6.92 Å². The number of nitrogens with zero attached hydrogens (tertiary/aromatic N) is 1. The van der Waals surface area contributed by atoms with Crippen molar-refractivity contribution in [3.8, 4) is 11.5 Å². The average molecular weight is 381 g/mol. The van der Waals surface area contributed by atoms with Gasteiger partial charge in [0.25, 0.3) is 0 Å². The third kappa shape index (κ3) is 4.35. The summed E-state index contributed by atoms with van der Waals surface area (Å²) in [5.74, 6) is 0.0184. The SMILES string of the molecule is CC1CC(C(=O)O)CN(C(=O)CCS(=O)c2ccc3c(c2)OCCO3)C1. The normalized spacial score (nSPS) is 23.3. The van der Waals surface area contributed by atoms with Crippen molar-refractivity contribution in [2.75, 3.05) is 32.1 Å². The van der Waals surface area contributed by atoms with Gasteiger partial charge in [-0.15, -0.1) is 0 Å². The second-order valence-electron chi connectivity index (χ2n) is 6.78. The third-order valence-electron chi connectivity index (χ3n) is 4.64. The zero-order valence-electron chi connectivity index (χ0n) is 14.7. The lowest BCUT2D eigenvalue weighted by molar-refractivity contribution is -0.146. The summed E-state index contributed by atoms with van der Waals surface area (Å²) in [4.78, 5) is 25.8. The number of benzene rings is 1. The third-order valence-corrected chi connectivity index (χ3v) is 5.99. The van der Waals surface area contributed by atoms with Gasteiger partial charge < -0.3 is 19.5 Å². The number of rotatable bonds is 5. The molecule has 1 aromatic carbocycles. The van der Waals surface area contributed by atoms with Crippen LogP contribution in [0.3, 0.4) is 0 Å². The van der Waals surface area contributed by atoms with E-state index in [2.05, 4.69) is 0 Å². The van der Waals surface area contributed by atoms with Crippen LogP contribution in [0.4, 0.5) is 0 Å². The number of piperidine rings is 1. The minimum Gasteiger partial charge on any atom is -0.486 e. The Morgan fingerprint density at radius 3 is 2.69 bits per heavy atom. The summed E-state index contributed by atoms with van der Waals surface area (Å²) in [5, 5.41) is 9.21. The molecule has 1 aromatic rings. The number of hydrogen-bond acceptors (Lipinski definition) is 5. The highest BCUT2D eigenvalue weighted by Crippen LogP contribution is 2.32. The van der Waals surface area contributed by atoms with Gasteiger partial charge in [0.05, 0.1) is 16.7 Å². The number of carboxylic acid groups (broad SMARTS) is 1. The summed E-state index contributed by atoms with van der Waals surface area (Å²) < 4.78 is 23.4. The van der Waals surface area contributed by atoms with Crippen LogP contribution in [0.2, 0.25) is 0 Å². The molecule has 3 unspecified atom stereocenters. The number of amides is 1. The fourth-order valence-corrected chi connectivity index (χ4v) is 4.41. The number of carboxylic acids is 1. The predicted octanol–water partition coefficient (Wildman–Crippen LogP) is 1.52. The van der Waals surface area contributed by atoms with E-state index in [4.69, 9.17) is 9.47 Å². The number of hydrogen-bond donors (Lipinski definition) is 1. The smallest absolute Gasteiger partial charge is 0.308 e. The van der Waals surface area contributed by atoms with Gasteiger partial charge in [-0.3, -0.25) is 13.8 Å². The zero-order chi connectivity index (χ0) is 18.7. The minimum atomic E-state index is -1.33. The monoisotopic (exact) mass is 381 g/mol. The number of ether oxygens (including phenoxy) is 2. The Morgan fingerprint density at radius 1 is 1.23 bits per heavy atom. The van der Waals surface area contributed by atoms with Crippen molar-refractivity contribution < 1.29 is 28.4 Å². The highest BCUT2D eigenvalue weighted by atomic mass is 32.2. The fourth-order valence-electron chi connectivity index (χ4n) is 3.36. The standard InChI is InChI=1S/C18H23NO6S/c1-12-8-13(18(21)22)11-19(10-12)17(20)4-7-26(23)14-2-3-15-16(9-14)25-6-5-24-15/h2-3,9,12-13H,4-8,10-11H2,1H3,(H,21,22). The predicted molar refractivity (Wildman–Crippen MR) is 94.8 cm³/mol. The maximum absolute atomic E-state index is 12.5. The Balaban J connectivity index is 1.57. The molecule has 3 rings (SSSR count). The maximum atomic E-state index is 12.5. The molecule has 0 aliphatic carbocycles. The van der Waals surface area contributed by atoms with Gasteiger partial charge in [0.2, 0.25) is 5.91 Å². The van der Waals surface area contributed by atoms with E-state index in [1.54, 1.807) is 23.1 Å². The van der Waals surface area contributed by atoms with Crippen LogP contribution in [0.5, 0.6) is 11.5 Å². The molecule has 8 heteroatoms. The van der Waals surface area contributed by atoms with Crippen LogP contribution >= 0.6 is 0 Å². The molecule has 0 aromatic heterocycles. The summed E-state index contributed by atoms with van der Waals surface area (Å²) in [7, 11) is -1.33. The van der Waals surface area contributed by atoms with E-state index in [1.807, 2.05) is 6.92 Å². The summed E-state index contributed by atoms with van der Waals surface area (Å²) in [6.07, 6.45) is 0.711. The van der Waals surface area contributed by atoms with Crippen molar-refractivity contribution in [1.82, 2.24) is 4.90 Å². The summed E-state index contributed by atoms with van der Waals surface area (Å²) >= 11 is 0. The van der Waals surface area contributed by atoms with Crippen molar-refractivity contribution >= 4 is 22.7 Å². The Labute approximate surface area is 154 Å². The molecule has 26 heavy (non-hydrogen) atoms. The first-order valence-corrected chi connectivity index (χ1v) is 10.0. The van der Waals surface area contributed by atoms with Gasteiger partial charge in [0.15, 0.2) is 11.5 Å². The maximum Gasteiger partial charge on any atom is 0.308 e. The highest BCUT2D eigenvalue weighted by Gasteiger charge is 2.31. The van der Waals surface area contributed by atoms with Crippen LogP contribution < -0.4 is 9.47 Å². The summed E-state index contributed by atoms with van der Waals surface area (Å²) in [6, 6.07) is 5.14. The lowest BCUT2D eigenvalue weighted by Gasteiger charge is -2.34. The lowest BCUT2D eigenvalue weighted by atomic mass is 9.90. The molecule has 1 amide bonds. The molecule has 0 saturated carbocycles. The number of carbonyl (C=O) groups excluding carboxylic acids is 1. The van der Waals surface area contributed by atoms with Gasteiger partial charge in [-0.25, -0.2) is 0 Å². The van der Waals surface area contributed by atoms with Crippen LogP contribution in [0.1, 0.15) is 19.8 Å². The molecule has 0 bridgehead atoms. The molecular weight excluding hydrogens is 358 g/mol. The molecule has 1 N–H and O–H groups in total. The quantitative estimate of drug-likeness (QED) is 0.831. The number of fused-ring (bicyclic) bond motifs is 1. The lowest BCUT2D eigenvalue weighted by Crippen LogP contribution is -2.45. The van der Waals surface area contributed by atoms with Crippen molar-refractivity contribution in [1.29, 1.82) is 0 Å². The van der Waals surface area contributed by atoms with E-state index in [9.17, 15) is 18.9 Å². The van der Waals surface area contributed by atoms with Crippen LogP contribution in [0, 0.1) is 11.8 Å². The van der Waals surface area contributed by atoms with Gasteiger partial charge in [0.1, 0.15) is 13.2 Å². The van der Waals surface area contributed by atoms with Crippen LogP contribution in [0.15, 0.2) is 23.1 Å². The Bertz CT molecular complexity index is 722. The van der Waals surface area contributed by atoms with Crippen molar-refractivity contribution in [3.05, 3.63) is 18.2 Å². The Kier molecular flexibility index (Phi) is 5.80. The molecule has 7 nitrogen and oxygen atoms in total. The summed E-state index contributed by atoms with van der Waals surface area (Å²) in [5.41, 5.74) is 0. The highest BCUT2D eigenvalue weighted by molar-refractivity contribution is 7.85. The van der Waals surface area contributed by atoms with E-state index in [0.717, 1.165) is 0 Å². The van der Waals surface area contributed by atoms with E-state index >= 15 is 0 Å². The molecule has 3 atom stereocenters. The molecule has 0 radical (unpaired) electrons. The molecule has 2 aliphatic heterocycles. The summed E-state index contributed by atoms with van der Waals surface area (Å²) in [6.45, 7) is 3.69. The molecule has 1 fully saturated rings. The molecule has 2 heterocycles. The van der Waals surface area contributed by atoms with Gasteiger partial charge in [-0.2, -0.15) is 0 Å². The van der Waals surface area contributed by atoms with E-state index in [1.165, 1.54) is 0 Å². The van der Waals surface area contributed by atoms with Gasteiger partial charge >= 0.3 is 5.97 Å². The second-order valence-corrected chi connectivity index (χ2v) is 8.35. The number of carbonyl (C=O) groups is 2. The topological polar surface area (TPSA) is 93.1 Å². The van der Waals surface area contributed by atoms with Crippen molar-refractivity contribution in [2.24, 2.45) is 11.8 Å². The van der Waals surface area contributed by atoms with Crippen molar-refractivity contribution in [3.63, 3.8) is 0 Å². The molecule has 1 saturated heterocycles. The Hall–Kier alpha value is -2.09. The van der Waals surface area contributed by atoms with Crippen LogP contribution in [-0.2, 0) is 20.4 Å². The fraction of sp³-hybridized carbons (Fsp3) is 0.556. The molecular formula is C18H23NO6S. The largest absolute Gasteiger partial charge is 0.486 e. The second kappa shape index (κ2) is 8.07. The minimum absolute atomic E-state index is 0.125. The van der Waals surface area contributed by atoms with E-state index < -0.39 is 22.7 Å². The number of aliphatic carboxylic acids is 1. The van der Waals surface area contributed by atoms with Crippen LogP contribution in [-0.4, -0.2) is 58.1 Å². The number of likely N-dealkylation sites (tertiary alicyclic amines) is 1. The first-order valence-electron chi connectivity index (χ1n) is 8.72.